The monoisotopic (exact) mass is 187 g/mol. The molecule has 1 aromatic rings. The van der Waals surface area contributed by atoms with Crippen LogP contribution in [0.5, 0.6) is 0 Å². The number of methoxy groups -OCH3 is 1. The molecule has 64 valence electrons. The van der Waals surface area contributed by atoms with Crippen molar-refractivity contribution in [2.24, 2.45) is 0 Å². The topological polar surface area (TPSA) is 78.1 Å². The Balaban J connectivity index is 3.16. The number of carbonyl (C=O) groups excluding carboxylic acids is 1. The third-order valence-corrected chi connectivity index (χ3v) is 1.57. The van der Waals surface area contributed by atoms with Crippen molar-refractivity contribution in [2.75, 3.05) is 12.8 Å². The van der Waals surface area contributed by atoms with Crippen molar-refractivity contribution in [3.05, 3.63) is 17.0 Å². The van der Waals surface area contributed by atoms with Gasteiger partial charge in [0.2, 0.25) is 0 Å². The Labute approximate surface area is 73.5 Å². The molecule has 0 saturated heterocycles. The fourth-order valence-corrected chi connectivity index (χ4v) is 0.797. The van der Waals surface area contributed by atoms with Gasteiger partial charge in [-0.3, -0.25) is 0 Å². The van der Waals surface area contributed by atoms with Crippen LogP contribution in [0.4, 0.5) is 5.82 Å². The molecule has 0 amide bonds. The standard InChI is InChI=1S/C6H6ClN3O2/c1-12-6(11)4-3(7)5(8)10-2-9-4/h2H,1H3,(H2,8,9,10). The van der Waals surface area contributed by atoms with Gasteiger partial charge in [-0.15, -0.1) is 0 Å². The van der Waals surface area contributed by atoms with Gasteiger partial charge in [-0.05, 0) is 0 Å². The zero-order valence-electron chi connectivity index (χ0n) is 6.24. The normalized spacial score (nSPS) is 9.50. The van der Waals surface area contributed by atoms with Crippen LogP contribution in [0, 0.1) is 0 Å². The minimum absolute atomic E-state index is 0.0179. The molecule has 0 aliphatic heterocycles. The number of nitrogen functional groups attached to an aromatic ring is 1. The van der Waals surface area contributed by atoms with E-state index in [-0.39, 0.29) is 16.5 Å². The van der Waals surface area contributed by atoms with Crippen molar-refractivity contribution < 1.29 is 9.53 Å². The minimum Gasteiger partial charge on any atom is -0.464 e. The van der Waals surface area contributed by atoms with Crippen molar-refractivity contribution in [2.45, 2.75) is 0 Å². The maximum atomic E-state index is 10.9. The molecule has 6 heteroatoms. The Hall–Kier alpha value is -1.36. The van der Waals surface area contributed by atoms with E-state index in [1.165, 1.54) is 7.11 Å². The summed E-state index contributed by atoms with van der Waals surface area (Å²) in [5.74, 6) is -0.568. The summed E-state index contributed by atoms with van der Waals surface area (Å²) in [6.07, 6.45) is 1.15. The number of esters is 1. The predicted molar refractivity (Wildman–Crippen MR) is 42.8 cm³/mol. The third-order valence-electron chi connectivity index (χ3n) is 1.20. The Morgan fingerprint density at radius 2 is 2.33 bits per heavy atom. The van der Waals surface area contributed by atoms with Gasteiger partial charge in [-0.25, -0.2) is 14.8 Å². The molecule has 0 aliphatic rings. The van der Waals surface area contributed by atoms with Gasteiger partial charge in [0.15, 0.2) is 5.69 Å². The average molecular weight is 188 g/mol. The molecular weight excluding hydrogens is 182 g/mol. The van der Waals surface area contributed by atoms with Gasteiger partial charge >= 0.3 is 5.97 Å². The summed E-state index contributed by atoms with van der Waals surface area (Å²) in [4.78, 5) is 18.1. The molecule has 0 spiro atoms. The second kappa shape index (κ2) is 3.36. The van der Waals surface area contributed by atoms with Crippen molar-refractivity contribution in [1.29, 1.82) is 0 Å². The minimum atomic E-state index is -0.630. The summed E-state index contributed by atoms with van der Waals surface area (Å²) in [7, 11) is 1.23. The molecule has 2 N–H and O–H groups in total. The van der Waals surface area contributed by atoms with Gasteiger partial charge in [0.25, 0.3) is 0 Å². The molecule has 0 fully saturated rings. The van der Waals surface area contributed by atoms with Crippen LogP contribution in [0.2, 0.25) is 5.02 Å². The zero-order chi connectivity index (χ0) is 9.14. The maximum absolute atomic E-state index is 10.9. The third kappa shape index (κ3) is 1.45. The van der Waals surface area contributed by atoms with Crippen LogP contribution >= 0.6 is 11.6 Å². The molecule has 12 heavy (non-hydrogen) atoms. The molecule has 0 aromatic carbocycles. The molecule has 1 aromatic heterocycles. The highest BCUT2D eigenvalue weighted by Crippen LogP contribution is 2.18. The lowest BCUT2D eigenvalue weighted by molar-refractivity contribution is 0.0594. The number of hydrogen-bond donors (Lipinski definition) is 1. The van der Waals surface area contributed by atoms with E-state index in [9.17, 15) is 4.79 Å². The highest BCUT2D eigenvalue weighted by Gasteiger charge is 2.14. The van der Waals surface area contributed by atoms with E-state index in [2.05, 4.69) is 14.7 Å². The number of aromatic nitrogens is 2. The van der Waals surface area contributed by atoms with Crippen molar-refractivity contribution >= 4 is 23.4 Å². The van der Waals surface area contributed by atoms with Gasteiger partial charge in [-0.2, -0.15) is 0 Å². The van der Waals surface area contributed by atoms with Crippen LogP contribution < -0.4 is 5.73 Å². The molecule has 0 bridgehead atoms. The van der Waals surface area contributed by atoms with Gasteiger partial charge < -0.3 is 10.5 Å². The largest absolute Gasteiger partial charge is 0.464 e. The maximum Gasteiger partial charge on any atom is 0.358 e. The molecule has 0 saturated carbocycles. The van der Waals surface area contributed by atoms with Crippen LogP contribution in [0.25, 0.3) is 0 Å². The molecule has 0 atom stereocenters. The first-order valence-corrected chi connectivity index (χ1v) is 3.39. The zero-order valence-corrected chi connectivity index (χ0v) is 7.00. The smallest absolute Gasteiger partial charge is 0.358 e. The van der Waals surface area contributed by atoms with Crippen molar-refractivity contribution in [3.8, 4) is 0 Å². The van der Waals surface area contributed by atoms with E-state index in [0.717, 1.165) is 6.33 Å². The highest BCUT2D eigenvalue weighted by molar-refractivity contribution is 6.35. The molecule has 1 heterocycles. The lowest BCUT2D eigenvalue weighted by Gasteiger charge is -2.01. The van der Waals surface area contributed by atoms with E-state index < -0.39 is 5.97 Å². The number of nitrogens with zero attached hydrogens (tertiary/aromatic N) is 2. The van der Waals surface area contributed by atoms with E-state index in [1.54, 1.807) is 0 Å². The predicted octanol–water partition coefficient (Wildman–Crippen LogP) is 0.499. The van der Waals surface area contributed by atoms with Crippen LogP contribution in [0.3, 0.4) is 0 Å². The molecular formula is C6H6ClN3O2. The van der Waals surface area contributed by atoms with Gasteiger partial charge in [-0.1, -0.05) is 11.6 Å². The summed E-state index contributed by atoms with van der Waals surface area (Å²) in [5, 5.41) is 0.0179. The van der Waals surface area contributed by atoms with Gasteiger partial charge in [0.1, 0.15) is 17.2 Å². The Kier molecular flexibility index (Phi) is 2.44. The van der Waals surface area contributed by atoms with Gasteiger partial charge in [0, 0.05) is 0 Å². The summed E-state index contributed by atoms with van der Waals surface area (Å²) in [6, 6.07) is 0. The number of hydrogen-bond acceptors (Lipinski definition) is 5. The Morgan fingerprint density at radius 3 is 2.92 bits per heavy atom. The van der Waals surface area contributed by atoms with Gasteiger partial charge in [0.05, 0.1) is 7.11 Å². The lowest BCUT2D eigenvalue weighted by Crippen LogP contribution is -2.07. The van der Waals surface area contributed by atoms with E-state index in [4.69, 9.17) is 17.3 Å². The quantitative estimate of drug-likeness (QED) is 0.648. The first-order valence-electron chi connectivity index (χ1n) is 3.01. The van der Waals surface area contributed by atoms with E-state index in [0.29, 0.717) is 0 Å². The number of ether oxygens (including phenoxy) is 1. The number of nitrogens with two attached hydrogens (primary N) is 1. The summed E-state index contributed by atoms with van der Waals surface area (Å²) in [5.41, 5.74) is 5.30. The molecule has 0 radical (unpaired) electrons. The lowest BCUT2D eigenvalue weighted by atomic mass is 10.4. The van der Waals surface area contributed by atoms with Crippen molar-refractivity contribution in [1.82, 2.24) is 9.97 Å². The first kappa shape index (κ1) is 8.73. The number of carbonyl (C=O) groups is 1. The second-order valence-corrected chi connectivity index (χ2v) is 2.29. The molecule has 0 aliphatic carbocycles. The fourth-order valence-electron chi connectivity index (χ4n) is 0.622. The highest BCUT2D eigenvalue weighted by atomic mass is 35.5. The summed E-state index contributed by atoms with van der Waals surface area (Å²) < 4.78 is 4.40. The molecule has 5 nitrogen and oxygen atoms in total. The first-order chi connectivity index (χ1) is 5.66. The van der Waals surface area contributed by atoms with Crippen LogP contribution in [0.15, 0.2) is 6.33 Å². The Bertz CT molecular complexity index is 316. The second-order valence-electron chi connectivity index (χ2n) is 1.91. The van der Waals surface area contributed by atoms with E-state index >= 15 is 0 Å². The fraction of sp³-hybridized carbons (Fsp3) is 0.167. The molecule has 0 unspecified atom stereocenters. The van der Waals surface area contributed by atoms with E-state index in [1.807, 2.05) is 0 Å². The van der Waals surface area contributed by atoms with Crippen molar-refractivity contribution in [3.63, 3.8) is 0 Å². The average Bonchev–Trinajstić information content (AvgIpc) is 2.08. The van der Waals surface area contributed by atoms with Crippen LogP contribution in [0.1, 0.15) is 10.5 Å². The SMILES string of the molecule is COC(=O)c1ncnc(N)c1Cl. The summed E-state index contributed by atoms with van der Waals surface area (Å²) in [6.45, 7) is 0. The van der Waals surface area contributed by atoms with Crippen LogP contribution in [-0.4, -0.2) is 23.0 Å². The Morgan fingerprint density at radius 1 is 1.67 bits per heavy atom. The van der Waals surface area contributed by atoms with Crippen LogP contribution in [-0.2, 0) is 4.74 Å². The number of rotatable bonds is 1. The summed E-state index contributed by atoms with van der Waals surface area (Å²) >= 11 is 5.62. The molecule has 1 rings (SSSR count). The number of anilines is 1. The number of halogens is 1.